The molecule has 1 unspecified atom stereocenters. The predicted octanol–water partition coefficient (Wildman–Crippen LogP) is 6.29. The fraction of sp³-hybridized carbons (Fsp3) is 0.588. The monoisotopic (exact) mass is 512 g/mol. The Hall–Kier alpha value is -2.26. The Balaban J connectivity index is 3.36. The van der Waals surface area contributed by atoms with Crippen molar-refractivity contribution in [3.05, 3.63) is 35.4 Å². The van der Waals surface area contributed by atoms with Crippen LogP contribution in [-0.2, 0) is 9.47 Å². The number of methoxy groups -OCH3 is 2. The number of hydrogen-bond acceptors (Lipinski definition) is 3. The van der Waals surface area contributed by atoms with Gasteiger partial charge in [-0.1, -0.05) is 12.1 Å². The van der Waals surface area contributed by atoms with Gasteiger partial charge in [0, 0.05) is 13.5 Å². The van der Waals surface area contributed by atoms with Crippen LogP contribution in [0.15, 0.2) is 24.3 Å². The summed E-state index contributed by atoms with van der Waals surface area (Å²) in [6.07, 6.45) is -12.3. The Bertz CT molecular complexity index is 832. The number of rotatable bonds is 9. The highest BCUT2D eigenvalue weighted by molar-refractivity contribution is 5.89. The SMILES string of the molecule is COC(=O)c1ccc(C(CC(F)(F)C(F)(F)C(F)(F)C(F)(F)C(F)(F)C(F)(F)F)OC)cc1. The summed E-state index contributed by atoms with van der Waals surface area (Å²) >= 11 is 0. The van der Waals surface area contributed by atoms with E-state index >= 15 is 0 Å². The number of alkyl halides is 13. The molecule has 0 aliphatic carbocycles. The summed E-state index contributed by atoms with van der Waals surface area (Å²) in [4.78, 5) is 11.3. The fourth-order valence-corrected chi connectivity index (χ4v) is 2.45. The maximum Gasteiger partial charge on any atom is 0.460 e. The molecule has 1 aromatic carbocycles. The van der Waals surface area contributed by atoms with Crippen molar-refractivity contribution in [1.82, 2.24) is 0 Å². The van der Waals surface area contributed by atoms with Crippen molar-refractivity contribution in [2.75, 3.05) is 14.2 Å². The minimum atomic E-state index is -7.96. The first-order valence-corrected chi connectivity index (χ1v) is 8.29. The first-order chi connectivity index (χ1) is 14.6. The van der Waals surface area contributed by atoms with Crippen LogP contribution in [0.2, 0.25) is 0 Å². The van der Waals surface area contributed by atoms with E-state index in [0.717, 1.165) is 31.4 Å². The van der Waals surface area contributed by atoms with E-state index in [0.29, 0.717) is 7.11 Å². The van der Waals surface area contributed by atoms with E-state index in [2.05, 4.69) is 9.47 Å². The number of carbonyl (C=O) groups is 1. The van der Waals surface area contributed by atoms with E-state index in [1.807, 2.05) is 0 Å². The molecule has 190 valence electrons. The molecule has 1 aromatic rings. The van der Waals surface area contributed by atoms with Crippen LogP contribution in [0.1, 0.15) is 28.4 Å². The Morgan fingerprint density at radius 1 is 0.727 bits per heavy atom. The zero-order chi connectivity index (χ0) is 26.3. The molecule has 0 spiro atoms. The van der Waals surface area contributed by atoms with Crippen molar-refractivity contribution >= 4 is 5.97 Å². The largest absolute Gasteiger partial charge is 0.465 e. The molecule has 0 saturated heterocycles. The summed E-state index contributed by atoms with van der Waals surface area (Å²) in [5, 5.41) is 0. The predicted molar refractivity (Wildman–Crippen MR) is 82.9 cm³/mol. The Morgan fingerprint density at radius 3 is 1.52 bits per heavy atom. The van der Waals surface area contributed by atoms with E-state index in [1.165, 1.54) is 0 Å². The van der Waals surface area contributed by atoms with Crippen molar-refractivity contribution < 1.29 is 71.3 Å². The van der Waals surface area contributed by atoms with Crippen molar-refractivity contribution in [2.24, 2.45) is 0 Å². The van der Waals surface area contributed by atoms with Gasteiger partial charge in [0.1, 0.15) is 0 Å². The van der Waals surface area contributed by atoms with E-state index < -0.39 is 59.8 Å². The van der Waals surface area contributed by atoms with Crippen LogP contribution in [0.4, 0.5) is 57.1 Å². The van der Waals surface area contributed by atoms with E-state index in [-0.39, 0.29) is 5.56 Å². The highest BCUT2D eigenvalue weighted by Crippen LogP contribution is 2.61. The van der Waals surface area contributed by atoms with Crippen LogP contribution in [0.25, 0.3) is 0 Å². The van der Waals surface area contributed by atoms with Crippen molar-refractivity contribution in [1.29, 1.82) is 0 Å². The Kier molecular flexibility index (Phi) is 7.70. The summed E-state index contributed by atoms with van der Waals surface area (Å²) < 4.78 is 180. The molecule has 3 nitrogen and oxygen atoms in total. The van der Waals surface area contributed by atoms with Crippen molar-refractivity contribution in [3.8, 4) is 0 Å². The smallest absolute Gasteiger partial charge is 0.460 e. The van der Waals surface area contributed by atoms with Crippen molar-refractivity contribution in [2.45, 2.75) is 48.3 Å². The highest BCUT2D eigenvalue weighted by Gasteiger charge is 2.90. The summed E-state index contributed by atoms with van der Waals surface area (Å²) in [5.41, 5.74) is -0.676. The minimum Gasteiger partial charge on any atom is -0.465 e. The summed E-state index contributed by atoms with van der Waals surface area (Å²) in [6, 6.07) is 3.41. The average molecular weight is 512 g/mol. The third-order valence-electron chi connectivity index (χ3n) is 4.43. The van der Waals surface area contributed by atoms with Gasteiger partial charge >= 0.3 is 41.8 Å². The zero-order valence-electron chi connectivity index (χ0n) is 16.2. The van der Waals surface area contributed by atoms with Crippen LogP contribution in [0.5, 0.6) is 0 Å². The van der Waals surface area contributed by atoms with Gasteiger partial charge in [-0.25, -0.2) is 4.79 Å². The van der Waals surface area contributed by atoms with Gasteiger partial charge in [0.15, 0.2) is 0 Å². The maximum absolute atomic E-state index is 14.1. The molecule has 0 heterocycles. The van der Waals surface area contributed by atoms with E-state index in [9.17, 15) is 61.9 Å². The molecule has 0 aliphatic heterocycles. The van der Waals surface area contributed by atoms with Gasteiger partial charge in [0.05, 0.1) is 18.8 Å². The molecule has 0 radical (unpaired) electrons. The number of benzene rings is 1. The number of esters is 1. The summed E-state index contributed by atoms with van der Waals surface area (Å²) in [7, 11) is 1.56. The molecule has 0 N–H and O–H groups in total. The highest BCUT2D eigenvalue weighted by atomic mass is 19.4. The molecule has 0 amide bonds. The third kappa shape index (κ3) is 4.71. The van der Waals surface area contributed by atoms with Gasteiger partial charge in [-0.05, 0) is 17.7 Å². The molecule has 0 aliphatic rings. The summed E-state index contributed by atoms with van der Waals surface area (Å²) in [5.74, 6) is -38.2. The fourth-order valence-electron chi connectivity index (χ4n) is 2.45. The molecular weight excluding hydrogens is 499 g/mol. The van der Waals surface area contributed by atoms with Crippen LogP contribution >= 0.6 is 0 Å². The lowest BCUT2D eigenvalue weighted by Crippen LogP contribution is -2.70. The number of hydrogen-bond donors (Lipinski definition) is 0. The number of ether oxygens (including phenoxy) is 2. The van der Waals surface area contributed by atoms with Gasteiger partial charge in [0.25, 0.3) is 0 Å². The van der Waals surface area contributed by atoms with Crippen molar-refractivity contribution in [3.63, 3.8) is 0 Å². The molecule has 0 fully saturated rings. The van der Waals surface area contributed by atoms with E-state index in [1.54, 1.807) is 0 Å². The molecule has 0 saturated carbocycles. The van der Waals surface area contributed by atoms with Crippen LogP contribution in [0, 0.1) is 0 Å². The maximum atomic E-state index is 14.1. The average Bonchev–Trinajstić information content (AvgIpc) is 2.70. The second-order valence-electron chi connectivity index (χ2n) is 6.54. The van der Waals surface area contributed by atoms with Gasteiger partial charge in [-0.15, -0.1) is 0 Å². The third-order valence-corrected chi connectivity index (χ3v) is 4.43. The topological polar surface area (TPSA) is 35.5 Å². The minimum absolute atomic E-state index is 0.186. The molecule has 33 heavy (non-hydrogen) atoms. The lowest BCUT2D eigenvalue weighted by Gasteiger charge is -2.40. The Morgan fingerprint density at radius 2 is 1.15 bits per heavy atom. The van der Waals surface area contributed by atoms with Gasteiger partial charge in [-0.2, -0.15) is 57.1 Å². The molecule has 0 bridgehead atoms. The number of carbonyl (C=O) groups excluding carboxylic acids is 1. The normalized spacial score (nSPS) is 15.4. The molecule has 0 aromatic heterocycles. The van der Waals surface area contributed by atoms with Gasteiger partial charge in [-0.3, -0.25) is 0 Å². The quantitative estimate of drug-likeness (QED) is 0.288. The Labute approximate surface area is 176 Å². The molecule has 1 rings (SSSR count). The van der Waals surface area contributed by atoms with Crippen LogP contribution in [-0.4, -0.2) is 56.0 Å². The zero-order valence-corrected chi connectivity index (χ0v) is 16.2. The number of halogens is 13. The summed E-state index contributed by atoms with van der Waals surface area (Å²) in [6.45, 7) is 0. The first kappa shape index (κ1) is 28.8. The van der Waals surface area contributed by atoms with Gasteiger partial charge < -0.3 is 9.47 Å². The van der Waals surface area contributed by atoms with Crippen LogP contribution in [0.3, 0.4) is 0 Å². The van der Waals surface area contributed by atoms with Gasteiger partial charge in [0.2, 0.25) is 0 Å². The van der Waals surface area contributed by atoms with Crippen LogP contribution < -0.4 is 0 Å². The second-order valence-corrected chi connectivity index (χ2v) is 6.54. The molecular formula is C17H13F13O3. The lowest BCUT2D eigenvalue weighted by atomic mass is 9.90. The van der Waals surface area contributed by atoms with E-state index in [4.69, 9.17) is 0 Å². The molecule has 1 atom stereocenters. The first-order valence-electron chi connectivity index (χ1n) is 8.29. The second kappa shape index (κ2) is 8.83. The molecule has 16 heteroatoms. The lowest BCUT2D eigenvalue weighted by molar-refractivity contribution is -0.440. The standard InChI is InChI=1S/C17H13F13O3/c1-32-10(8-3-5-9(6-4-8)11(31)33-2)7-12(18,19)13(20,21)14(22,23)15(24,25)16(26,27)17(28,29)30/h3-6,10H,7H2,1-2H3.